The van der Waals surface area contributed by atoms with Gasteiger partial charge in [0.1, 0.15) is 6.04 Å². The van der Waals surface area contributed by atoms with Crippen molar-refractivity contribution in [2.45, 2.75) is 25.8 Å². The highest BCUT2D eigenvalue weighted by Crippen LogP contribution is 2.09. The molecule has 6 nitrogen and oxygen atoms in total. The maximum Gasteiger partial charge on any atom is 0.324 e. The smallest absolute Gasteiger partial charge is 0.324 e. The predicted octanol–water partition coefficient (Wildman–Crippen LogP) is -1.54. The quantitative estimate of drug-likeness (QED) is 0.555. The number of urea groups is 1. The van der Waals surface area contributed by atoms with Crippen LogP contribution in [0.4, 0.5) is 4.79 Å². The lowest BCUT2D eigenvalue weighted by Gasteiger charge is -2.11. The first-order valence-electron chi connectivity index (χ1n) is 4.38. The van der Waals surface area contributed by atoms with E-state index in [-0.39, 0.29) is 0 Å². The van der Waals surface area contributed by atoms with Crippen molar-refractivity contribution >= 4 is 17.9 Å². The van der Waals surface area contributed by atoms with Crippen molar-refractivity contribution < 1.29 is 19.5 Å². The van der Waals surface area contributed by atoms with E-state index in [0.717, 1.165) is 4.90 Å². The number of hydrogen-bond donors (Lipinski definition) is 1. The number of carboxylic acids is 1. The maximum absolute atomic E-state index is 11.4. The van der Waals surface area contributed by atoms with Crippen LogP contribution in [0.25, 0.3) is 0 Å². The Kier molecular flexibility index (Phi) is 3.06. The molecule has 6 heteroatoms. The van der Waals surface area contributed by atoms with Gasteiger partial charge in [-0.2, -0.15) is 0 Å². The minimum Gasteiger partial charge on any atom is -0.550 e. The van der Waals surface area contributed by atoms with Gasteiger partial charge < -0.3 is 15.2 Å². The summed E-state index contributed by atoms with van der Waals surface area (Å²) in [6.07, 6.45) is 0.183. The number of rotatable bonds is 4. The molecule has 78 valence electrons. The summed E-state index contributed by atoms with van der Waals surface area (Å²) in [5.74, 6) is -1.83. The number of carboxylic acid groups (broad SMARTS) is 1. The van der Waals surface area contributed by atoms with E-state index in [2.05, 4.69) is 5.32 Å². The summed E-state index contributed by atoms with van der Waals surface area (Å²) >= 11 is 0. The van der Waals surface area contributed by atoms with Crippen LogP contribution in [0.15, 0.2) is 0 Å². The maximum atomic E-state index is 11.4. The summed E-state index contributed by atoms with van der Waals surface area (Å²) in [7, 11) is 0. The molecule has 0 unspecified atom stereocenters. The molecule has 1 rings (SSSR count). The minimum atomic E-state index is -1.35. The second-order valence-corrected chi connectivity index (χ2v) is 3.07. The highest BCUT2D eigenvalue weighted by molar-refractivity contribution is 6.05. The molecule has 0 aromatic heterocycles. The number of carbonyl (C=O) groups is 3. The van der Waals surface area contributed by atoms with Crippen LogP contribution in [-0.4, -0.2) is 35.4 Å². The summed E-state index contributed by atoms with van der Waals surface area (Å²) in [5.41, 5.74) is 0. The number of nitrogens with one attached hydrogen (secondary N) is 1. The van der Waals surface area contributed by atoms with Crippen molar-refractivity contribution in [3.05, 3.63) is 0 Å². The van der Waals surface area contributed by atoms with Crippen molar-refractivity contribution in [2.24, 2.45) is 0 Å². The first-order chi connectivity index (χ1) is 6.56. The summed E-state index contributed by atoms with van der Waals surface area (Å²) in [5, 5.41) is 12.5. The molecule has 1 N–H and O–H groups in total. The number of aliphatic carboxylic acids is 1. The first-order valence-corrected chi connectivity index (χ1v) is 4.38. The zero-order chi connectivity index (χ0) is 10.7. The van der Waals surface area contributed by atoms with Crippen LogP contribution in [0.2, 0.25) is 0 Å². The zero-order valence-corrected chi connectivity index (χ0v) is 7.78. The van der Waals surface area contributed by atoms with Gasteiger partial charge in [0.15, 0.2) is 0 Å². The van der Waals surface area contributed by atoms with Crippen molar-refractivity contribution in [2.75, 3.05) is 6.54 Å². The van der Waals surface area contributed by atoms with E-state index < -0.39 is 30.4 Å². The third-order valence-corrected chi connectivity index (χ3v) is 1.92. The van der Waals surface area contributed by atoms with Crippen molar-refractivity contribution in [3.63, 3.8) is 0 Å². The topological polar surface area (TPSA) is 89.5 Å². The van der Waals surface area contributed by atoms with E-state index in [9.17, 15) is 19.5 Å². The summed E-state index contributed by atoms with van der Waals surface area (Å²) in [6, 6.07) is -1.48. The molecular weight excluding hydrogens is 188 g/mol. The van der Waals surface area contributed by atoms with Gasteiger partial charge in [-0.25, -0.2) is 4.79 Å². The van der Waals surface area contributed by atoms with Gasteiger partial charge in [0.2, 0.25) is 0 Å². The molecule has 1 saturated heterocycles. The molecule has 0 aromatic carbocycles. The monoisotopic (exact) mass is 199 g/mol. The predicted molar refractivity (Wildman–Crippen MR) is 43.9 cm³/mol. The molecule has 1 fully saturated rings. The second-order valence-electron chi connectivity index (χ2n) is 3.07. The Morgan fingerprint density at radius 2 is 2.21 bits per heavy atom. The van der Waals surface area contributed by atoms with Crippen molar-refractivity contribution in [1.29, 1.82) is 0 Å². The van der Waals surface area contributed by atoms with Gasteiger partial charge in [-0.15, -0.1) is 0 Å². The molecule has 0 bridgehead atoms. The van der Waals surface area contributed by atoms with Crippen LogP contribution < -0.4 is 10.4 Å². The normalized spacial score (nSPS) is 21.2. The largest absolute Gasteiger partial charge is 0.550 e. The number of nitrogens with zero attached hydrogens (tertiary/aromatic N) is 1. The lowest BCUT2D eigenvalue weighted by atomic mass is 10.2. The molecular formula is C8H11N2O4-. The number of carbonyl (C=O) groups excluding carboxylic acids is 3. The Labute approximate surface area is 80.9 Å². The zero-order valence-electron chi connectivity index (χ0n) is 7.78. The fraction of sp³-hybridized carbons (Fsp3) is 0.625. The lowest BCUT2D eigenvalue weighted by molar-refractivity contribution is -0.306. The Morgan fingerprint density at radius 3 is 2.71 bits per heavy atom. The van der Waals surface area contributed by atoms with Crippen LogP contribution in [0, 0.1) is 0 Å². The van der Waals surface area contributed by atoms with Crippen LogP contribution in [-0.2, 0) is 9.59 Å². The van der Waals surface area contributed by atoms with Gasteiger partial charge >= 0.3 is 6.03 Å². The highest BCUT2D eigenvalue weighted by atomic mass is 16.4. The van der Waals surface area contributed by atoms with E-state index in [1.807, 2.05) is 6.92 Å². The Balaban J connectivity index is 2.64. The standard InChI is InChI=1S/C8H12N2O4/c1-2-3-10-7(13)5(4-6(11)12)9-8(10)14/h5H,2-4H2,1H3,(H,9,14)(H,11,12)/p-1/t5-/m0/s1. The van der Waals surface area contributed by atoms with Crippen LogP contribution in [0.1, 0.15) is 19.8 Å². The SMILES string of the molecule is CCCN1C(=O)N[C@@H](CC(=O)[O-])C1=O. The van der Waals surface area contributed by atoms with E-state index in [1.165, 1.54) is 0 Å². The molecule has 0 aliphatic carbocycles. The third-order valence-electron chi connectivity index (χ3n) is 1.92. The van der Waals surface area contributed by atoms with Crippen LogP contribution >= 0.6 is 0 Å². The minimum absolute atomic E-state index is 0.314. The third kappa shape index (κ3) is 2.01. The molecule has 14 heavy (non-hydrogen) atoms. The van der Waals surface area contributed by atoms with E-state index in [4.69, 9.17) is 0 Å². The molecule has 1 heterocycles. The summed E-state index contributed by atoms with van der Waals surface area (Å²) in [4.78, 5) is 33.8. The Hall–Kier alpha value is -1.59. The molecule has 1 aliphatic heterocycles. The van der Waals surface area contributed by atoms with Gasteiger partial charge in [-0.1, -0.05) is 6.92 Å². The Bertz CT molecular complexity index is 277. The fourth-order valence-corrected chi connectivity index (χ4v) is 1.32. The molecule has 3 amide bonds. The highest BCUT2D eigenvalue weighted by Gasteiger charge is 2.36. The second kappa shape index (κ2) is 4.08. The lowest BCUT2D eigenvalue weighted by Crippen LogP contribution is -2.37. The van der Waals surface area contributed by atoms with Gasteiger partial charge in [0.05, 0.1) is 0 Å². The molecule has 0 saturated carbocycles. The first kappa shape index (κ1) is 10.5. The average Bonchev–Trinajstić information content (AvgIpc) is 2.32. The number of amides is 3. The van der Waals surface area contributed by atoms with Crippen molar-refractivity contribution in [3.8, 4) is 0 Å². The van der Waals surface area contributed by atoms with E-state index in [0.29, 0.717) is 13.0 Å². The molecule has 0 aromatic rings. The van der Waals surface area contributed by atoms with Gasteiger partial charge in [-0.05, 0) is 6.42 Å². The van der Waals surface area contributed by atoms with E-state index in [1.54, 1.807) is 0 Å². The molecule has 0 spiro atoms. The molecule has 1 aliphatic rings. The van der Waals surface area contributed by atoms with Crippen LogP contribution in [0.5, 0.6) is 0 Å². The van der Waals surface area contributed by atoms with Crippen molar-refractivity contribution in [1.82, 2.24) is 10.2 Å². The summed E-state index contributed by atoms with van der Waals surface area (Å²) in [6.45, 7) is 2.14. The number of hydrogen-bond acceptors (Lipinski definition) is 4. The van der Waals surface area contributed by atoms with Crippen LogP contribution in [0.3, 0.4) is 0 Å². The summed E-state index contributed by atoms with van der Waals surface area (Å²) < 4.78 is 0. The van der Waals surface area contributed by atoms with Gasteiger partial charge in [0.25, 0.3) is 5.91 Å². The molecule has 0 radical (unpaired) electrons. The van der Waals surface area contributed by atoms with E-state index >= 15 is 0 Å². The fourth-order valence-electron chi connectivity index (χ4n) is 1.32. The van der Waals surface area contributed by atoms with Gasteiger partial charge in [0, 0.05) is 18.9 Å². The Morgan fingerprint density at radius 1 is 1.57 bits per heavy atom. The number of imide groups is 1. The molecule has 1 atom stereocenters. The average molecular weight is 199 g/mol. The van der Waals surface area contributed by atoms with Gasteiger partial charge in [-0.3, -0.25) is 9.69 Å².